The Morgan fingerprint density at radius 2 is 1.73 bits per heavy atom. The first kappa shape index (κ1) is 26.6. The number of nitrogens with zero attached hydrogens (tertiary/aromatic N) is 3. The number of methoxy groups -OCH3 is 2. The molecule has 0 N–H and O–H groups in total. The molecule has 0 amide bonds. The Labute approximate surface area is 218 Å². The molecule has 37 heavy (non-hydrogen) atoms. The molecule has 8 nitrogen and oxygen atoms in total. The van der Waals surface area contributed by atoms with E-state index in [-0.39, 0.29) is 18.2 Å². The number of morpholine rings is 1. The molecule has 196 valence electrons. The van der Waals surface area contributed by atoms with Gasteiger partial charge < -0.3 is 18.9 Å². The van der Waals surface area contributed by atoms with E-state index in [2.05, 4.69) is 40.8 Å². The van der Waals surface area contributed by atoms with E-state index < -0.39 is 5.97 Å². The van der Waals surface area contributed by atoms with Crippen LogP contribution in [0.25, 0.3) is 22.4 Å². The van der Waals surface area contributed by atoms with Gasteiger partial charge in [0.25, 0.3) is 0 Å². The molecule has 1 fully saturated rings. The summed E-state index contributed by atoms with van der Waals surface area (Å²) in [6, 6.07) is 12.1. The topological polar surface area (TPSA) is 83.0 Å². The van der Waals surface area contributed by atoms with Crippen molar-refractivity contribution < 1.29 is 23.7 Å². The maximum absolute atomic E-state index is 13.0. The number of benzene rings is 2. The third kappa shape index (κ3) is 5.92. The summed E-state index contributed by atoms with van der Waals surface area (Å²) in [6.07, 6.45) is 1.40. The van der Waals surface area contributed by atoms with Gasteiger partial charge in [-0.1, -0.05) is 38.1 Å². The molecular formula is C29H35N3O5. The van der Waals surface area contributed by atoms with Crippen molar-refractivity contribution in [2.45, 2.75) is 33.2 Å². The minimum Gasteiger partial charge on any atom is -0.496 e. The van der Waals surface area contributed by atoms with Gasteiger partial charge in [0.2, 0.25) is 0 Å². The van der Waals surface area contributed by atoms with E-state index in [1.165, 1.54) is 11.9 Å². The van der Waals surface area contributed by atoms with Crippen molar-refractivity contribution in [2.24, 2.45) is 0 Å². The Hall–Kier alpha value is -3.49. The van der Waals surface area contributed by atoms with Crippen molar-refractivity contribution in [3.63, 3.8) is 0 Å². The summed E-state index contributed by atoms with van der Waals surface area (Å²) in [7, 11) is 3.26. The minimum absolute atomic E-state index is 0.203. The fourth-order valence-electron chi connectivity index (χ4n) is 4.57. The number of esters is 1. The van der Waals surface area contributed by atoms with Crippen LogP contribution in [0.2, 0.25) is 0 Å². The normalized spacial score (nSPS) is 14.0. The Balaban J connectivity index is 1.84. The maximum atomic E-state index is 13.0. The van der Waals surface area contributed by atoms with Crippen LogP contribution in [-0.4, -0.2) is 68.0 Å². The van der Waals surface area contributed by atoms with Crippen molar-refractivity contribution in [2.75, 3.05) is 47.1 Å². The fourth-order valence-corrected chi connectivity index (χ4v) is 4.57. The highest BCUT2D eigenvalue weighted by Gasteiger charge is 2.25. The van der Waals surface area contributed by atoms with Crippen molar-refractivity contribution in [1.29, 1.82) is 0 Å². The van der Waals surface area contributed by atoms with Crippen LogP contribution in [0.4, 0.5) is 0 Å². The summed E-state index contributed by atoms with van der Waals surface area (Å²) >= 11 is 0. The summed E-state index contributed by atoms with van der Waals surface area (Å²) in [5.74, 6) is 1.05. The first-order valence-corrected chi connectivity index (χ1v) is 12.6. The zero-order chi connectivity index (χ0) is 26.4. The third-order valence-electron chi connectivity index (χ3n) is 6.50. The lowest BCUT2D eigenvalue weighted by molar-refractivity contribution is 0.0342. The van der Waals surface area contributed by atoms with E-state index in [0.717, 1.165) is 55.3 Å². The molecule has 8 heteroatoms. The van der Waals surface area contributed by atoms with Crippen LogP contribution in [0, 0.1) is 0 Å². The van der Waals surface area contributed by atoms with Crippen molar-refractivity contribution >= 4 is 5.97 Å². The Morgan fingerprint density at radius 3 is 2.35 bits per heavy atom. The first-order chi connectivity index (χ1) is 18.0. The number of rotatable bonds is 9. The lowest BCUT2D eigenvalue weighted by Crippen LogP contribution is -2.35. The molecule has 0 aliphatic carbocycles. The van der Waals surface area contributed by atoms with Gasteiger partial charge in [-0.15, -0.1) is 0 Å². The number of carbonyl (C=O) groups excluding carboxylic acids is 1. The number of hydrogen-bond donors (Lipinski definition) is 0. The quantitative estimate of drug-likeness (QED) is 0.378. The zero-order valence-electron chi connectivity index (χ0n) is 22.2. The van der Waals surface area contributed by atoms with Crippen molar-refractivity contribution in [3.05, 3.63) is 59.5 Å². The second kappa shape index (κ2) is 12.2. The smallest absolute Gasteiger partial charge is 0.357 e. The van der Waals surface area contributed by atoms with Crippen LogP contribution < -0.4 is 9.47 Å². The average Bonchev–Trinajstić information content (AvgIpc) is 2.93. The van der Waals surface area contributed by atoms with E-state index in [9.17, 15) is 4.79 Å². The van der Waals surface area contributed by atoms with E-state index in [1.54, 1.807) is 21.1 Å². The van der Waals surface area contributed by atoms with Crippen LogP contribution in [0.5, 0.6) is 11.5 Å². The maximum Gasteiger partial charge on any atom is 0.357 e. The van der Waals surface area contributed by atoms with Gasteiger partial charge in [-0.2, -0.15) is 0 Å². The molecule has 4 rings (SSSR count). The molecule has 2 heterocycles. The average molecular weight is 506 g/mol. The molecule has 3 aromatic rings. The summed E-state index contributed by atoms with van der Waals surface area (Å²) in [6.45, 7) is 10.4. The third-order valence-corrected chi connectivity index (χ3v) is 6.50. The van der Waals surface area contributed by atoms with Crippen LogP contribution >= 0.6 is 0 Å². The van der Waals surface area contributed by atoms with Crippen LogP contribution in [0.15, 0.2) is 42.7 Å². The number of carbonyl (C=O) groups is 1. The van der Waals surface area contributed by atoms with E-state index >= 15 is 0 Å². The minimum atomic E-state index is -0.491. The predicted octanol–water partition coefficient (Wildman–Crippen LogP) is 4.96. The Morgan fingerprint density at radius 1 is 1.03 bits per heavy atom. The lowest BCUT2D eigenvalue weighted by Gasteiger charge is -2.26. The van der Waals surface area contributed by atoms with Gasteiger partial charge in [0.1, 0.15) is 17.8 Å². The van der Waals surface area contributed by atoms with Crippen LogP contribution in [0.1, 0.15) is 48.3 Å². The van der Waals surface area contributed by atoms with E-state index in [4.69, 9.17) is 18.9 Å². The molecular weight excluding hydrogens is 470 g/mol. The molecule has 0 unspecified atom stereocenters. The zero-order valence-corrected chi connectivity index (χ0v) is 22.2. The van der Waals surface area contributed by atoms with Crippen LogP contribution in [-0.2, 0) is 16.0 Å². The SMILES string of the molecule is CCOC(=O)c1ncnc(-c2cc(C(C)C)c(OC)cc2OC)c1-c1ccc(CN2CCOCC2)cc1. The van der Waals surface area contributed by atoms with Gasteiger partial charge in [0.05, 0.1) is 39.7 Å². The highest BCUT2D eigenvalue weighted by Crippen LogP contribution is 2.42. The predicted molar refractivity (Wildman–Crippen MR) is 142 cm³/mol. The highest BCUT2D eigenvalue weighted by molar-refractivity contribution is 6.00. The van der Waals surface area contributed by atoms with Gasteiger partial charge in [-0.3, -0.25) is 4.90 Å². The number of aromatic nitrogens is 2. The summed E-state index contributed by atoms with van der Waals surface area (Å²) in [4.78, 5) is 24.4. The number of ether oxygens (including phenoxy) is 4. The molecule has 1 aliphatic rings. The first-order valence-electron chi connectivity index (χ1n) is 12.6. The van der Waals surface area contributed by atoms with Crippen LogP contribution in [0.3, 0.4) is 0 Å². The summed E-state index contributed by atoms with van der Waals surface area (Å²) < 4.78 is 22.2. The Kier molecular flexibility index (Phi) is 8.74. The molecule has 2 aromatic carbocycles. The van der Waals surface area contributed by atoms with Gasteiger partial charge in [0, 0.05) is 36.8 Å². The fraction of sp³-hybridized carbons (Fsp3) is 0.414. The molecule has 1 aromatic heterocycles. The summed E-state index contributed by atoms with van der Waals surface area (Å²) in [5.41, 5.74) is 5.21. The second-order valence-electron chi connectivity index (χ2n) is 9.20. The van der Waals surface area contributed by atoms with Gasteiger partial charge in [0.15, 0.2) is 5.69 Å². The van der Waals surface area contributed by atoms with Crippen molar-refractivity contribution in [1.82, 2.24) is 14.9 Å². The molecule has 0 bridgehead atoms. The van der Waals surface area contributed by atoms with Gasteiger partial charge in [-0.25, -0.2) is 14.8 Å². The highest BCUT2D eigenvalue weighted by atomic mass is 16.5. The van der Waals surface area contributed by atoms with E-state index in [0.29, 0.717) is 17.0 Å². The van der Waals surface area contributed by atoms with Gasteiger partial charge in [-0.05, 0) is 35.6 Å². The molecule has 1 saturated heterocycles. The molecule has 0 radical (unpaired) electrons. The second-order valence-corrected chi connectivity index (χ2v) is 9.20. The monoisotopic (exact) mass is 505 g/mol. The molecule has 0 saturated carbocycles. The molecule has 1 aliphatic heterocycles. The molecule has 0 spiro atoms. The molecule has 0 atom stereocenters. The Bertz CT molecular complexity index is 1220. The standard InChI is InChI=1S/C29H35N3O5/c1-6-37-29(33)28-26(21-9-7-20(8-10-21)17-32-11-13-36-14-12-32)27(30-18-31-28)23-15-22(19(2)3)24(34-4)16-25(23)35-5/h7-10,15-16,18-19H,6,11-14,17H2,1-5H3. The van der Waals surface area contributed by atoms with Gasteiger partial charge >= 0.3 is 5.97 Å². The van der Waals surface area contributed by atoms with Crippen molar-refractivity contribution in [3.8, 4) is 33.9 Å². The summed E-state index contributed by atoms with van der Waals surface area (Å²) in [5, 5.41) is 0. The lowest BCUT2D eigenvalue weighted by atomic mass is 9.92. The van der Waals surface area contributed by atoms with E-state index in [1.807, 2.05) is 24.3 Å². The number of hydrogen-bond acceptors (Lipinski definition) is 8. The largest absolute Gasteiger partial charge is 0.496 e.